The average molecular weight is 190 g/mol. The van der Waals surface area contributed by atoms with Crippen molar-refractivity contribution in [2.75, 3.05) is 6.61 Å². The summed E-state index contributed by atoms with van der Waals surface area (Å²) in [7, 11) is 0. The quantitative estimate of drug-likeness (QED) is 0.411. The van der Waals surface area contributed by atoms with Crippen LogP contribution in [0.3, 0.4) is 0 Å². The number of ether oxygens (including phenoxy) is 1. The van der Waals surface area contributed by atoms with Crippen LogP contribution in [0.15, 0.2) is 12.7 Å². The molecule has 1 saturated carbocycles. The molecule has 0 aliphatic heterocycles. The van der Waals surface area contributed by atoms with Crippen LogP contribution in [-0.2, 0) is 9.53 Å². The van der Waals surface area contributed by atoms with Crippen LogP contribution >= 0.6 is 11.8 Å². The Morgan fingerprint density at radius 2 is 2.67 bits per heavy atom. The highest BCUT2D eigenvalue weighted by Gasteiger charge is 2.59. The molecule has 0 spiro atoms. The minimum atomic E-state index is -0.695. The highest BCUT2D eigenvalue weighted by atomic mass is 35.5. The number of hydrogen-bond acceptors (Lipinski definition) is 3. The van der Waals surface area contributed by atoms with Crippen molar-refractivity contribution in [3.8, 4) is 0 Å². The summed E-state index contributed by atoms with van der Waals surface area (Å²) >= 11 is 5.46. The Balaban J connectivity index is 2.58. The van der Waals surface area contributed by atoms with E-state index in [-0.39, 0.29) is 11.9 Å². The molecule has 12 heavy (non-hydrogen) atoms. The lowest BCUT2D eigenvalue weighted by Gasteiger charge is -2.11. The predicted molar refractivity (Wildman–Crippen MR) is 46.7 cm³/mol. The first kappa shape index (κ1) is 9.55. The molecule has 68 valence electrons. The van der Waals surface area contributed by atoms with Gasteiger partial charge in [-0.1, -0.05) is 6.08 Å². The number of halogens is 1. The molecule has 1 aliphatic carbocycles. The van der Waals surface area contributed by atoms with Crippen molar-refractivity contribution in [2.24, 2.45) is 5.92 Å². The van der Waals surface area contributed by atoms with Crippen LogP contribution in [0.25, 0.3) is 0 Å². The van der Waals surface area contributed by atoms with Crippen molar-refractivity contribution in [1.82, 2.24) is 4.84 Å². The van der Waals surface area contributed by atoms with Gasteiger partial charge in [0, 0.05) is 5.92 Å². The molecule has 0 heterocycles. The Morgan fingerprint density at radius 3 is 3.00 bits per heavy atom. The zero-order valence-electron chi connectivity index (χ0n) is 6.97. The van der Waals surface area contributed by atoms with Gasteiger partial charge in [-0.15, -0.1) is 6.58 Å². The zero-order chi connectivity index (χ0) is 9.19. The van der Waals surface area contributed by atoms with Crippen molar-refractivity contribution in [1.29, 1.82) is 0 Å². The van der Waals surface area contributed by atoms with E-state index in [1.807, 2.05) is 0 Å². The molecule has 1 rings (SSSR count). The number of rotatable bonds is 4. The average Bonchev–Trinajstić information content (AvgIpc) is 2.80. The van der Waals surface area contributed by atoms with Crippen molar-refractivity contribution < 1.29 is 9.53 Å². The second kappa shape index (κ2) is 3.46. The second-order valence-electron chi connectivity index (χ2n) is 2.83. The number of hydrogen-bond donors (Lipinski definition) is 1. The number of nitrogens with one attached hydrogen (secondary N) is 1. The minimum absolute atomic E-state index is 0.106. The van der Waals surface area contributed by atoms with E-state index in [0.29, 0.717) is 13.0 Å². The summed E-state index contributed by atoms with van der Waals surface area (Å²) in [5, 5.41) is 0. The third kappa shape index (κ3) is 1.34. The van der Waals surface area contributed by atoms with Gasteiger partial charge >= 0.3 is 5.97 Å². The number of esters is 1. The summed E-state index contributed by atoms with van der Waals surface area (Å²) < 4.78 is 4.86. The molecule has 1 fully saturated rings. The minimum Gasteiger partial charge on any atom is -0.465 e. The fourth-order valence-corrected chi connectivity index (χ4v) is 1.51. The van der Waals surface area contributed by atoms with Gasteiger partial charge in [-0.3, -0.25) is 0 Å². The van der Waals surface area contributed by atoms with Crippen LogP contribution in [0.4, 0.5) is 0 Å². The van der Waals surface area contributed by atoms with Crippen LogP contribution in [-0.4, -0.2) is 18.1 Å². The Kier molecular flexibility index (Phi) is 2.75. The predicted octanol–water partition coefficient (Wildman–Crippen LogP) is 1.24. The van der Waals surface area contributed by atoms with Crippen LogP contribution < -0.4 is 4.84 Å². The van der Waals surface area contributed by atoms with Gasteiger partial charge in [0.25, 0.3) is 0 Å². The SMILES string of the molecule is C=CC1CC1(NCl)C(=O)OCC. The smallest absolute Gasteiger partial charge is 0.328 e. The van der Waals surface area contributed by atoms with Crippen LogP contribution in [0, 0.1) is 5.92 Å². The molecule has 4 heteroatoms. The van der Waals surface area contributed by atoms with E-state index in [4.69, 9.17) is 16.5 Å². The highest BCUT2D eigenvalue weighted by Crippen LogP contribution is 2.45. The highest BCUT2D eigenvalue weighted by molar-refractivity contribution is 6.16. The summed E-state index contributed by atoms with van der Waals surface area (Å²) in [5.74, 6) is -0.182. The summed E-state index contributed by atoms with van der Waals surface area (Å²) in [6.45, 7) is 5.75. The van der Waals surface area contributed by atoms with E-state index >= 15 is 0 Å². The molecule has 0 radical (unpaired) electrons. The molecule has 3 nitrogen and oxygen atoms in total. The molecular weight excluding hydrogens is 178 g/mol. The third-order valence-electron chi connectivity index (χ3n) is 2.11. The van der Waals surface area contributed by atoms with E-state index in [1.54, 1.807) is 13.0 Å². The van der Waals surface area contributed by atoms with Crippen LogP contribution in [0.1, 0.15) is 13.3 Å². The standard InChI is InChI=1S/C8H12ClNO2/c1-3-6-5-8(6,10-9)7(11)12-4-2/h3,6,10H,1,4-5H2,2H3. The molecule has 0 aromatic heterocycles. The van der Waals surface area contributed by atoms with Crippen molar-refractivity contribution in [2.45, 2.75) is 18.9 Å². The van der Waals surface area contributed by atoms with Gasteiger partial charge in [0.05, 0.1) is 6.61 Å². The molecular formula is C8H12ClNO2. The fraction of sp³-hybridized carbons (Fsp3) is 0.625. The van der Waals surface area contributed by atoms with Gasteiger partial charge in [0.2, 0.25) is 0 Å². The van der Waals surface area contributed by atoms with E-state index in [1.165, 1.54) is 0 Å². The van der Waals surface area contributed by atoms with Gasteiger partial charge in [-0.25, -0.2) is 9.63 Å². The summed E-state index contributed by atoms with van der Waals surface area (Å²) in [5.41, 5.74) is -0.695. The number of carbonyl (C=O) groups excluding carboxylic acids is 1. The van der Waals surface area contributed by atoms with Gasteiger partial charge in [-0.05, 0) is 25.1 Å². The molecule has 2 unspecified atom stereocenters. The summed E-state index contributed by atoms with van der Waals surface area (Å²) in [6.07, 6.45) is 2.39. The lowest BCUT2D eigenvalue weighted by atomic mass is 10.2. The Morgan fingerprint density at radius 1 is 2.00 bits per heavy atom. The Hall–Kier alpha value is -0.540. The lowest BCUT2D eigenvalue weighted by molar-refractivity contribution is -0.146. The van der Waals surface area contributed by atoms with Crippen LogP contribution in [0.2, 0.25) is 0 Å². The fourth-order valence-electron chi connectivity index (χ4n) is 1.21. The molecule has 1 N–H and O–H groups in total. The van der Waals surface area contributed by atoms with E-state index < -0.39 is 5.54 Å². The van der Waals surface area contributed by atoms with Gasteiger partial charge in [0.1, 0.15) is 5.54 Å². The Labute approximate surface area is 76.8 Å². The molecule has 0 aromatic carbocycles. The van der Waals surface area contributed by atoms with Gasteiger partial charge in [-0.2, -0.15) is 0 Å². The van der Waals surface area contributed by atoms with E-state index in [0.717, 1.165) is 0 Å². The first-order valence-electron chi connectivity index (χ1n) is 3.89. The van der Waals surface area contributed by atoms with Gasteiger partial charge in [0.15, 0.2) is 0 Å². The van der Waals surface area contributed by atoms with Crippen molar-refractivity contribution in [3.63, 3.8) is 0 Å². The van der Waals surface area contributed by atoms with E-state index in [9.17, 15) is 4.79 Å². The van der Waals surface area contributed by atoms with Crippen molar-refractivity contribution in [3.05, 3.63) is 12.7 Å². The first-order chi connectivity index (χ1) is 5.71. The zero-order valence-corrected chi connectivity index (χ0v) is 7.73. The summed E-state index contributed by atoms with van der Waals surface area (Å²) in [4.78, 5) is 13.8. The second-order valence-corrected chi connectivity index (χ2v) is 3.02. The third-order valence-corrected chi connectivity index (χ3v) is 2.44. The molecule has 0 aromatic rings. The normalized spacial score (nSPS) is 32.7. The topological polar surface area (TPSA) is 38.3 Å². The van der Waals surface area contributed by atoms with E-state index in [2.05, 4.69) is 11.4 Å². The molecule has 1 aliphatic rings. The monoisotopic (exact) mass is 189 g/mol. The first-order valence-corrected chi connectivity index (χ1v) is 4.26. The molecule has 0 amide bonds. The van der Waals surface area contributed by atoms with Crippen molar-refractivity contribution >= 4 is 17.7 Å². The Bertz CT molecular complexity index is 207. The van der Waals surface area contributed by atoms with Gasteiger partial charge < -0.3 is 4.74 Å². The number of carbonyl (C=O) groups is 1. The maximum atomic E-state index is 11.3. The van der Waals surface area contributed by atoms with Crippen LogP contribution in [0.5, 0.6) is 0 Å². The molecule has 0 saturated heterocycles. The lowest BCUT2D eigenvalue weighted by Crippen LogP contribution is -2.37. The summed E-state index contributed by atoms with van der Waals surface area (Å²) in [6, 6.07) is 0. The maximum absolute atomic E-state index is 11.3. The molecule has 0 bridgehead atoms. The molecule has 2 atom stereocenters. The largest absolute Gasteiger partial charge is 0.465 e. The maximum Gasteiger partial charge on any atom is 0.328 e.